The van der Waals surface area contributed by atoms with E-state index in [2.05, 4.69) is 5.32 Å². The summed E-state index contributed by atoms with van der Waals surface area (Å²) in [7, 11) is -3.82. The van der Waals surface area contributed by atoms with Crippen LogP contribution in [0.5, 0.6) is 0 Å². The Bertz CT molecular complexity index is 636. The van der Waals surface area contributed by atoms with Crippen LogP contribution < -0.4 is 16.2 Å². The van der Waals surface area contributed by atoms with E-state index in [9.17, 15) is 13.2 Å². The number of ether oxygens (including phenoxy) is 1. The van der Waals surface area contributed by atoms with Crippen molar-refractivity contribution in [3.63, 3.8) is 0 Å². The second kappa shape index (κ2) is 5.13. The first-order chi connectivity index (χ1) is 9.22. The van der Waals surface area contributed by atoms with Crippen LogP contribution in [-0.4, -0.2) is 33.1 Å². The number of nitrogens with one attached hydrogen (secondary N) is 1. The van der Waals surface area contributed by atoms with Crippen LogP contribution in [0.1, 0.15) is 12.0 Å². The largest absolute Gasteiger partial charge is 0.379 e. The van der Waals surface area contributed by atoms with E-state index in [1.807, 2.05) is 0 Å². The highest BCUT2D eigenvalue weighted by molar-refractivity contribution is 7.89. The van der Waals surface area contributed by atoms with E-state index in [-0.39, 0.29) is 11.5 Å². The molecule has 0 aliphatic carbocycles. The van der Waals surface area contributed by atoms with Crippen LogP contribution in [0.3, 0.4) is 0 Å². The Balaban J connectivity index is 2.27. The summed E-state index contributed by atoms with van der Waals surface area (Å²) >= 11 is 0. The summed E-state index contributed by atoms with van der Waals surface area (Å²) < 4.78 is 27.8. The smallest absolute Gasteiger partial charge is 0.246 e. The third-order valence-corrected chi connectivity index (χ3v) is 4.20. The van der Waals surface area contributed by atoms with Crippen LogP contribution in [-0.2, 0) is 19.6 Å². The van der Waals surface area contributed by atoms with Crippen LogP contribution in [0.2, 0.25) is 0 Å². The van der Waals surface area contributed by atoms with Crippen LogP contribution in [0.15, 0.2) is 23.1 Å². The van der Waals surface area contributed by atoms with Crippen molar-refractivity contribution in [2.45, 2.75) is 23.8 Å². The second-order valence-corrected chi connectivity index (χ2v) is 6.50. The van der Waals surface area contributed by atoms with Crippen LogP contribution in [0, 0.1) is 6.92 Å². The van der Waals surface area contributed by atoms with Crippen molar-refractivity contribution in [3.8, 4) is 0 Å². The molecule has 1 atom stereocenters. The minimum absolute atomic E-state index is 0.0628. The normalized spacial score (nSPS) is 22.8. The van der Waals surface area contributed by atoms with Gasteiger partial charge in [0.1, 0.15) is 5.54 Å². The fraction of sp³-hybridized carbons (Fsp3) is 0.417. The third-order valence-electron chi connectivity index (χ3n) is 3.29. The van der Waals surface area contributed by atoms with Crippen molar-refractivity contribution < 1.29 is 17.9 Å². The molecule has 7 nitrogen and oxygen atoms in total. The summed E-state index contributed by atoms with van der Waals surface area (Å²) in [4.78, 5) is 12.1. The molecule has 1 fully saturated rings. The molecular formula is C12H17N3O4S. The zero-order valence-corrected chi connectivity index (χ0v) is 11.9. The standard InChI is InChI=1S/C12H17N3O4S/c1-8-2-3-9(20(14,17)18)6-10(8)15-11(16)12(13)4-5-19-7-12/h2-3,6H,4-5,7,13H2,1H3,(H,15,16)(H2,14,17,18). The Labute approximate surface area is 117 Å². The highest BCUT2D eigenvalue weighted by Crippen LogP contribution is 2.22. The van der Waals surface area contributed by atoms with Gasteiger partial charge in [0.2, 0.25) is 15.9 Å². The number of benzene rings is 1. The van der Waals surface area contributed by atoms with Gasteiger partial charge in [-0.3, -0.25) is 4.79 Å². The van der Waals surface area contributed by atoms with Crippen molar-refractivity contribution in [3.05, 3.63) is 23.8 Å². The number of amides is 1. The molecule has 0 spiro atoms. The minimum atomic E-state index is -3.82. The zero-order valence-electron chi connectivity index (χ0n) is 11.0. The average Bonchev–Trinajstić information content (AvgIpc) is 2.79. The van der Waals surface area contributed by atoms with E-state index in [4.69, 9.17) is 15.6 Å². The minimum Gasteiger partial charge on any atom is -0.379 e. The Hall–Kier alpha value is -1.48. The van der Waals surface area contributed by atoms with Gasteiger partial charge in [-0.2, -0.15) is 0 Å². The monoisotopic (exact) mass is 299 g/mol. The lowest BCUT2D eigenvalue weighted by atomic mass is 9.99. The summed E-state index contributed by atoms with van der Waals surface area (Å²) in [6.07, 6.45) is 0.423. The zero-order chi connectivity index (χ0) is 15.0. The molecule has 1 unspecified atom stereocenters. The molecule has 1 aliphatic rings. The molecule has 0 saturated carbocycles. The summed E-state index contributed by atoms with van der Waals surface area (Å²) in [5.41, 5.74) is 5.95. The molecule has 1 amide bonds. The van der Waals surface area contributed by atoms with E-state index in [1.165, 1.54) is 12.1 Å². The fourth-order valence-corrected chi connectivity index (χ4v) is 2.46. The highest BCUT2D eigenvalue weighted by Gasteiger charge is 2.38. The molecule has 0 radical (unpaired) electrons. The second-order valence-electron chi connectivity index (χ2n) is 4.93. The molecule has 1 aromatic rings. The number of anilines is 1. The van der Waals surface area contributed by atoms with Gasteiger partial charge >= 0.3 is 0 Å². The molecule has 1 aromatic carbocycles. The number of sulfonamides is 1. The summed E-state index contributed by atoms with van der Waals surface area (Å²) in [5, 5.41) is 7.71. The first-order valence-corrected chi connectivity index (χ1v) is 7.58. The van der Waals surface area contributed by atoms with Gasteiger partial charge < -0.3 is 15.8 Å². The summed E-state index contributed by atoms with van der Waals surface area (Å²) in [6, 6.07) is 4.28. The van der Waals surface area contributed by atoms with Gasteiger partial charge in [0, 0.05) is 12.3 Å². The van der Waals surface area contributed by atoms with Gasteiger partial charge in [-0.15, -0.1) is 0 Å². The Morgan fingerprint density at radius 3 is 2.70 bits per heavy atom. The number of hydrogen-bond donors (Lipinski definition) is 3. The van der Waals surface area contributed by atoms with Gasteiger partial charge in [-0.25, -0.2) is 13.6 Å². The topological polar surface area (TPSA) is 125 Å². The van der Waals surface area contributed by atoms with Crippen molar-refractivity contribution in [2.75, 3.05) is 18.5 Å². The molecule has 110 valence electrons. The van der Waals surface area contributed by atoms with Crippen LogP contribution in [0.4, 0.5) is 5.69 Å². The highest BCUT2D eigenvalue weighted by atomic mass is 32.2. The van der Waals surface area contributed by atoms with E-state index in [0.717, 1.165) is 0 Å². The van der Waals surface area contributed by atoms with E-state index in [1.54, 1.807) is 13.0 Å². The lowest BCUT2D eigenvalue weighted by molar-refractivity contribution is -0.121. The number of nitrogens with two attached hydrogens (primary N) is 2. The maximum Gasteiger partial charge on any atom is 0.246 e. The van der Waals surface area contributed by atoms with Crippen LogP contribution >= 0.6 is 0 Å². The van der Waals surface area contributed by atoms with E-state index >= 15 is 0 Å². The molecule has 20 heavy (non-hydrogen) atoms. The quantitative estimate of drug-likeness (QED) is 0.706. The molecule has 0 bridgehead atoms. The lowest BCUT2D eigenvalue weighted by Gasteiger charge is -2.21. The lowest BCUT2D eigenvalue weighted by Crippen LogP contribution is -2.51. The molecule has 1 aliphatic heterocycles. The van der Waals surface area contributed by atoms with E-state index in [0.29, 0.717) is 24.3 Å². The SMILES string of the molecule is Cc1ccc(S(N)(=O)=O)cc1NC(=O)C1(N)CCOC1. The molecule has 8 heteroatoms. The number of rotatable bonds is 3. The number of aryl methyl sites for hydroxylation is 1. The van der Waals surface area contributed by atoms with Crippen LogP contribution in [0.25, 0.3) is 0 Å². The maximum atomic E-state index is 12.2. The van der Waals surface area contributed by atoms with Gasteiger partial charge in [0.05, 0.1) is 11.5 Å². The Morgan fingerprint density at radius 1 is 1.45 bits per heavy atom. The first kappa shape index (κ1) is 14.9. The Morgan fingerprint density at radius 2 is 2.15 bits per heavy atom. The molecule has 5 N–H and O–H groups in total. The van der Waals surface area contributed by atoms with Crippen molar-refractivity contribution in [2.24, 2.45) is 10.9 Å². The molecule has 2 rings (SSSR count). The van der Waals surface area contributed by atoms with Gasteiger partial charge in [-0.1, -0.05) is 6.07 Å². The predicted molar refractivity (Wildman–Crippen MR) is 73.5 cm³/mol. The number of carbonyl (C=O) groups is 1. The molecule has 1 heterocycles. The predicted octanol–water partition coefficient (Wildman–Crippen LogP) is -0.301. The number of hydrogen-bond acceptors (Lipinski definition) is 5. The maximum absolute atomic E-state index is 12.2. The fourth-order valence-electron chi connectivity index (χ4n) is 1.92. The summed E-state index contributed by atoms with van der Waals surface area (Å²) in [6.45, 7) is 2.32. The first-order valence-electron chi connectivity index (χ1n) is 6.04. The van der Waals surface area contributed by atoms with Crippen molar-refractivity contribution in [1.82, 2.24) is 0 Å². The van der Waals surface area contributed by atoms with Crippen molar-refractivity contribution >= 4 is 21.6 Å². The van der Waals surface area contributed by atoms with Gasteiger partial charge in [-0.05, 0) is 31.0 Å². The van der Waals surface area contributed by atoms with Gasteiger partial charge in [0.25, 0.3) is 0 Å². The van der Waals surface area contributed by atoms with Crippen molar-refractivity contribution in [1.29, 1.82) is 0 Å². The van der Waals surface area contributed by atoms with Gasteiger partial charge in [0.15, 0.2) is 0 Å². The average molecular weight is 299 g/mol. The third kappa shape index (κ3) is 2.98. The molecule has 1 saturated heterocycles. The summed E-state index contributed by atoms with van der Waals surface area (Å²) in [5.74, 6) is -0.398. The molecular weight excluding hydrogens is 282 g/mol. The van der Waals surface area contributed by atoms with E-state index < -0.39 is 21.5 Å². The molecule has 0 aromatic heterocycles. The Kier molecular flexibility index (Phi) is 3.83. The number of carbonyl (C=O) groups excluding carboxylic acids is 1. The number of primary sulfonamides is 1.